The van der Waals surface area contributed by atoms with E-state index in [9.17, 15) is 34.1 Å². The van der Waals surface area contributed by atoms with Gasteiger partial charge < -0.3 is 29.5 Å². The van der Waals surface area contributed by atoms with Crippen LogP contribution in [0, 0.1) is 0 Å². The maximum atomic E-state index is 13.0. The van der Waals surface area contributed by atoms with Gasteiger partial charge in [0.05, 0.1) is 51.8 Å². The zero-order chi connectivity index (χ0) is 51.3. The first-order valence-corrected chi connectivity index (χ1v) is 24.2. The molecule has 0 aromatic carbocycles. The SMILES string of the molecule is CCC(O)(CF)CC(=O)Nc1nc2ccc(OC)nc2n1C1CCC1.COc1ccc2nc(NC(=O)CC(C)(C)O)n(C3CCC3)c2n1.COc1ccc2nc(NC(=O)CC(C)(C)O)n(C3CCC3)c2n1. The number of aliphatic hydroxyl groups is 3. The van der Waals surface area contributed by atoms with Gasteiger partial charge in [-0.15, -0.1) is 0 Å². The number of imidazole rings is 3. The number of hydrogen-bond donors (Lipinski definition) is 6. The minimum Gasteiger partial charge on any atom is -0.481 e. The number of carbonyl (C=O) groups is 3. The zero-order valence-electron chi connectivity index (χ0n) is 41.8. The molecule has 0 aliphatic heterocycles. The second-order valence-electron chi connectivity index (χ2n) is 19.8. The minimum atomic E-state index is -1.64. The van der Waals surface area contributed by atoms with Crippen molar-refractivity contribution in [1.82, 2.24) is 43.6 Å². The first-order chi connectivity index (χ1) is 33.7. The molecule has 3 saturated carbocycles. The number of aromatic nitrogens is 9. The predicted octanol–water partition coefficient (Wildman–Crippen LogP) is 7.13. The van der Waals surface area contributed by atoms with Crippen LogP contribution in [0.2, 0.25) is 0 Å². The molecule has 0 bridgehead atoms. The van der Waals surface area contributed by atoms with Gasteiger partial charge in [-0.05, 0) is 110 Å². The summed E-state index contributed by atoms with van der Waals surface area (Å²) in [6, 6.07) is 11.5. The van der Waals surface area contributed by atoms with Crippen LogP contribution >= 0.6 is 0 Å². The number of pyridine rings is 3. The molecule has 9 rings (SSSR count). The number of nitrogens with one attached hydrogen (secondary N) is 3. The number of anilines is 3. The Morgan fingerprint density at radius 3 is 1.07 bits per heavy atom. The van der Waals surface area contributed by atoms with Crippen LogP contribution in [0.5, 0.6) is 17.6 Å². The molecule has 384 valence electrons. The lowest BCUT2D eigenvalue weighted by atomic mass is 9.93. The average molecular weight is 987 g/mol. The van der Waals surface area contributed by atoms with E-state index >= 15 is 0 Å². The number of halogens is 1. The van der Waals surface area contributed by atoms with Gasteiger partial charge in [0.1, 0.15) is 28.8 Å². The average Bonchev–Trinajstić information content (AvgIpc) is 3.90. The van der Waals surface area contributed by atoms with E-state index in [2.05, 4.69) is 45.9 Å². The monoisotopic (exact) mass is 987 g/mol. The molecule has 1 atom stereocenters. The summed E-state index contributed by atoms with van der Waals surface area (Å²) in [6.45, 7) is 7.10. The first kappa shape index (κ1) is 52.3. The lowest BCUT2D eigenvalue weighted by Crippen LogP contribution is -2.36. The molecule has 6 aromatic heterocycles. The smallest absolute Gasteiger partial charge is 0.229 e. The molecule has 3 aliphatic rings. The van der Waals surface area contributed by atoms with E-state index in [1.807, 2.05) is 25.8 Å². The summed E-state index contributed by atoms with van der Waals surface area (Å²) in [4.78, 5) is 63.4. The quantitative estimate of drug-likeness (QED) is 0.0531. The Labute approximate surface area is 410 Å². The highest BCUT2D eigenvalue weighted by Gasteiger charge is 2.32. The summed E-state index contributed by atoms with van der Waals surface area (Å²) in [5.41, 5.74) is 0.416. The second-order valence-corrected chi connectivity index (χ2v) is 19.8. The highest BCUT2D eigenvalue weighted by atomic mass is 19.1. The Morgan fingerprint density at radius 1 is 0.549 bits per heavy atom. The normalized spacial score (nSPS) is 16.1. The van der Waals surface area contributed by atoms with Crippen LogP contribution in [0.1, 0.15) is 136 Å². The molecule has 0 radical (unpaired) electrons. The van der Waals surface area contributed by atoms with Crippen molar-refractivity contribution in [2.75, 3.05) is 44.0 Å². The van der Waals surface area contributed by atoms with E-state index in [0.717, 1.165) is 68.8 Å². The van der Waals surface area contributed by atoms with Crippen molar-refractivity contribution in [3.05, 3.63) is 36.4 Å². The molecule has 22 heteroatoms. The third-order valence-electron chi connectivity index (χ3n) is 12.8. The maximum absolute atomic E-state index is 13.0. The largest absolute Gasteiger partial charge is 0.481 e. The number of alkyl halides is 1. The molecule has 0 spiro atoms. The number of rotatable bonds is 17. The molecule has 1 unspecified atom stereocenters. The summed E-state index contributed by atoms with van der Waals surface area (Å²) < 4.78 is 34.4. The van der Waals surface area contributed by atoms with Gasteiger partial charge >= 0.3 is 0 Å². The van der Waals surface area contributed by atoms with Gasteiger partial charge in [-0.1, -0.05) is 6.92 Å². The topological polar surface area (TPSA) is 268 Å². The molecular formula is C49H67FN12O9. The van der Waals surface area contributed by atoms with Crippen LogP contribution in [-0.4, -0.2) is 121 Å². The lowest BCUT2D eigenvalue weighted by molar-refractivity contribution is -0.122. The van der Waals surface area contributed by atoms with Gasteiger partial charge in [0.25, 0.3) is 0 Å². The van der Waals surface area contributed by atoms with Crippen molar-refractivity contribution in [2.24, 2.45) is 0 Å². The van der Waals surface area contributed by atoms with Crippen molar-refractivity contribution in [3.8, 4) is 17.6 Å². The highest BCUT2D eigenvalue weighted by molar-refractivity contribution is 5.93. The van der Waals surface area contributed by atoms with Gasteiger partial charge in [0.2, 0.25) is 53.2 Å². The number of fused-ring (bicyclic) bond motifs is 3. The van der Waals surface area contributed by atoms with Crippen LogP contribution in [0.25, 0.3) is 33.5 Å². The number of amides is 3. The molecule has 71 heavy (non-hydrogen) atoms. The van der Waals surface area contributed by atoms with Crippen molar-refractivity contribution in [2.45, 2.75) is 153 Å². The number of hydrogen-bond acceptors (Lipinski definition) is 15. The van der Waals surface area contributed by atoms with E-state index in [-0.39, 0.29) is 55.6 Å². The molecule has 6 N–H and O–H groups in total. The van der Waals surface area contributed by atoms with Gasteiger partial charge in [0.15, 0.2) is 16.9 Å². The van der Waals surface area contributed by atoms with Crippen LogP contribution in [0.4, 0.5) is 22.2 Å². The first-order valence-electron chi connectivity index (χ1n) is 24.2. The third kappa shape index (κ3) is 12.7. The molecule has 3 aliphatic carbocycles. The maximum Gasteiger partial charge on any atom is 0.229 e. The fraction of sp³-hybridized carbons (Fsp3) is 0.571. The molecular weight excluding hydrogens is 920 g/mol. The third-order valence-corrected chi connectivity index (χ3v) is 12.8. The Kier molecular flexibility index (Phi) is 16.1. The minimum absolute atomic E-state index is 0.0115. The number of ether oxygens (including phenoxy) is 3. The van der Waals surface area contributed by atoms with Crippen LogP contribution in [0.3, 0.4) is 0 Å². The highest BCUT2D eigenvalue weighted by Crippen LogP contribution is 2.40. The van der Waals surface area contributed by atoms with Crippen LogP contribution < -0.4 is 30.2 Å². The van der Waals surface area contributed by atoms with Gasteiger partial charge in [-0.25, -0.2) is 19.3 Å². The predicted molar refractivity (Wildman–Crippen MR) is 264 cm³/mol. The molecule has 6 heterocycles. The molecule has 3 amide bonds. The van der Waals surface area contributed by atoms with Gasteiger partial charge in [-0.2, -0.15) is 15.0 Å². The Morgan fingerprint density at radius 2 is 0.845 bits per heavy atom. The van der Waals surface area contributed by atoms with E-state index in [1.165, 1.54) is 0 Å². The number of nitrogens with zero attached hydrogens (tertiary/aromatic N) is 9. The van der Waals surface area contributed by atoms with Crippen molar-refractivity contribution < 1.29 is 48.3 Å². The van der Waals surface area contributed by atoms with Crippen LogP contribution in [0.15, 0.2) is 36.4 Å². The summed E-state index contributed by atoms with van der Waals surface area (Å²) in [5, 5.41) is 38.0. The zero-order valence-corrected chi connectivity index (χ0v) is 41.8. The Bertz CT molecular complexity index is 2710. The Balaban J connectivity index is 0.000000157. The summed E-state index contributed by atoms with van der Waals surface area (Å²) >= 11 is 0. The lowest BCUT2D eigenvalue weighted by Gasteiger charge is -2.29. The number of methoxy groups -OCH3 is 3. The van der Waals surface area contributed by atoms with E-state index in [1.54, 1.807) is 80.2 Å². The van der Waals surface area contributed by atoms with E-state index in [4.69, 9.17) is 14.2 Å². The Hall–Kier alpha value is -6.52. The molecule has 3 fully saturated rings. The summed E-state index contributed by atoms with van der Waals surface area (Å²) in [6.07, 6.45) is 9.42. The number of carbonyl (C=O) groups excluding carboxylic acids is 3. The van der Waals surface area contributed by atoms with E-state index < -0.39 is 29.4 Å². The van der Waals surface area contributed by atoms with E-state index in [0.29, 0.717) is 57.9 Å². The standard InChI is InChI=1S/C17H23FN4O3.2C16H22N4O3/c1-3-17(24,10-18)9-13(23)20-16-19-12-7-8-14(25-2)21-15(12)22(16)11-5-4-6-11;2*1-16(2,22)9-12(21)18-15-17-11-7-8-13(23-3)19-14(11)20(15)10-5-4-6-10/h7-8,11,24H,3-6,9-10H2,1-2H3,(H,19,20,23);2*7-8,10,22H,4-6,9H2,1-3H3,(H,17,18,21). The second kappa shape index (κ2) is 21.9. The summed E-state index contributed by atoms with van der Waals surface area (Å²) in [7, 11) is 4.69. The fourth-order valence-electron chi connectivity index (χ4n) is 8.31. The van der Waals surface area contributed by atoms with Crippen molar-refractivity contribution >= 4 is 69.1 Å². The fourth-order valence-corrected chi connectivity index (χ4v) is 8.31. The van der Waals surface area contributed by atoms with Crippen LogP contribution in [-0.2, 0) is 14.4 Å². The summed E-state index contributed by atoms with van der Waals surface area (Å²) in [5.74, 6) is 1.87. The van der Waals surface area contributed by atoms with Gasteiger partial charge in [-0.3, -0.25) is 44.0 Å². The molecule has 0 saturated heterocycles. The molecule has 21 nitrogen and oxygen atoms in total. The van der Waals surface area contributed by atoms with Crippen molar-refractivity contribution in [1.29, 1.82) is 0 Å². The van der Waals surface area contributed by atoms with Crippen molar-refractivity contribution in [3.63, 3.8) is 0 Å². The van der Waals surface area contributed by atoms with Gasteiger partial charge in [0, 0.05) is 36.3 Å². The molecule has 6 aromatic rings.